The molecule has 0 amide bonds. The Bertz CT molecular complexity index is 3950. The lowest BCUT2D eigenvalue weighted by atomic mass is 9.98. The van der Waals surface area contributed by atoms with Gasteiger partial charge in [0, 0.05) is 117 Å². The Morgan fingerprint density at radius 2 is 0.735 bits per heavy atom. The van der Waals surface area contributed by atoms with E-state index in [1.807, 2.05) is 0 Å². The number of aryl methyl sites for hydroxylation is 3. The van der Waals surface area contributed by atoms with Crippen LogP contribution >= 0.6 is 0 Å². The van der Waals surface area contributed by atoms with Crippen molar-refractivity contribution in [3.8, 4) is 11.1 Å². The second-order valence-electron chi connectivity index (χ2n) is 21.5. The number of aromatic nitrogens is 3. The minimum absolute atomic E-state index is 0.871. The number of quaternary nitrogens is 1. The number of benzene rings is 3. The van der Waals surface area contributed by atoms with Crippen LogP contribution in [0.4, 0.5) is 0 Å². The maximum atomic E-state index is 5.49. The van der Waals surface area contributed by atoms with Crippen LogP contribution in [0.2, 0.25) is 0 Å². The number of nitrogens with zero attached hydrogens (tertiary/aromatic N) is 7. The summed E-state index contributed by atoms with van der Waals surface area (Å²) in [7, 11) is 0. The Labute approximate surface area is 486 Å². The topological polar surface area (TPSA) is 98.4 Å². The standard InChI is InChI=1S/C73H65N10/c74-38-53-83-49-34-57(35-50-83)56-32-47-80(48-33-56)40-11-10-39-79-43-28-54(29-44-79)55-30-45-81(46-31-55)41-12-13-42-82-51-36-61(37-52-82)73-68-26-24-66(77-68)71(59-16-6-2-7-17-59)64-22-20-62(75-64)70(58-14-4-1-5-15-58)63-21-23-65(76-63)72(60-18-8-3-9-19-60)67-25-27-69(73)78-67/h1-9,14-37,43-52H,10-13,38-42,53,74H2/q+3/p+3. The number of pyridine rings is 3. The third kappa shape index (κ3) is 11.8. The SMILES string of the molecule is [NH3+]CCN1C=CC(=C2C=CN(CCCC[n+]3ccc(-c4cc[n+](CCCC[n+]5ccc(C6=C7C=CC(=N7)C(c7ccccc7)=C7C=CC(=[NH+]7)C(c7ccccc7)=C7C=CC(=[NH+]7)C(c7ccccc7)=C7C=CC6=N7)cc5)cc4)cc3)C=C2)C=C1. The normalized spacial score (nSPS) is 16.8. The van der Waals surface area contributed by atoms with Crippen molar-refractivity contribution in [3.63, 3.8) is 0 Å². The molecule has 10 nitrogen and oxygen atoms in total. The highest BCUT2D eigenvalue weighted by Gasteiger charge is 2.33. The molecule has 10 heterocycles. The summed E-state index contributed by atoms with van der Waals surface area (Å²) in [6.07, 6.45) is 52.5. The van der Waals surface area contributed by atoms with Crippen LogP contribution in [0, 0.1) is 0 Å². The zero-order chi connectivity index (χ0) is 55.7. The highest BCUT2D eigenvalue weighted by atomic mass is 15.1. The summed E-state index contributed by atoms with van der Waals surface area (Å²) in [4.78, 5) is 23.2. The van der Waals surface area contributed by atoms with Crippen LogP contribution in [0.15, 0.2) is 306 Å². The lowest BCUT2D eigenvalue weighted by Crippen LogP contribution is -2.71. The van der Waals surface area contributed by atoms with Crippen molar-refractivity contribution in [1.82, 2.24) is 9.80 Å². The fourth-order valence-corrected chi connectivity index (χ4v) is 11.6. The second-order valence-corrected chi connectivity index (χ2v) is 21.5. The van der Waals surface area contributed by atoms with Crippen LogP contribution in [0.1, 0.15) is 47.9 Å². The van der Waals surface area contributed by atoms with Gasteiger partial charge in [0.1, 0.15) is 25.2 Å². The summed E-state index contributed by atoms with van der Waals surface area (Å²) in [5.41, 5.74) is 24.9. The molecule has 0 atom stereocenters. The van der Waals surface area contributed by atoms with Gasteiger partial charge in [-0.3, -0.25) is 0 Å². The first-order valence-electron chi connectivity index (χ1n) is 29.2. The van der Waals surface area contributed by atoms with Gasteiger partial charge in [0.15, 0.2) is 37.2 Å². The Morgan fingerprint density at radius 1 is 0.349 bits per heavy atom. The number of aliphatic imine (C=N–C) groups is 2. The predicted octanol–water partition coefficient (Wildman–Crippen LogP) is 7.86. The number of hydrogen-bond acceptors (Lipinski definition) is 4. The minimum Gasteiger partial charge on any atom is -0.356 e. The third-order valence-corrected chi connectivity index (χ3v) is 15.9. The fourth-order valence-electron chi connectivity index (χ4n) is 11.6. The van der Waals surface area contributed by atoms with Crippen molar-refractivity contribution >= 4 is 45.1 Å². The van der Waals surface area contributed by atoms with Crippen LogP contribution in [0.3, 0.4) is 0 Å². The molecule has 6 aromatic rings. The Balaban J connectivity index is 0.678. The van der Waals surface area contributed by atoms with Crippen molar-refractivity contribution in [1.29, 1.82) is 0 Å². The molecule has 0 radical (unpaired) electrons. The summed E-state index contributed by atoms with van der Waals surface area (Å²) in [6, 6.07) is 45.2. The van der Waals surface area contributed by atoms with Crippen molar-refractivity contribution in [2.45, 2.75) is 45.3 Å². The first-order chi connectivity index (χ1) is 41.1. The van der Waals surface area contributed by atoms with E-state index < -0.39 is 0 Å². The molecule has 5 N–H and O–H groups in total. The van der Waals surface area contributed by atoms with E-state index in [4.69, 9.17) is 9.98 Å². The molecule has 0 unspecified atom stereocenters. The van der Waals surface area contributed by atoms with Gasteiger partial charge in [-0.2, -0.15) is 0 Å². The number of nitrogens with one attached hydrogen (secondary N) is 2. The van der Waals surface area contributed by atoms with Gasteiger partial charge in [-0.15, -0.1) is 0 Å². The lowest BCUT2D eigenvalue weighted by Gasteiger charge is -2.21. The minimum atomic E-state index is 0.871. The van der Waals surface area contributed by atoms with Crippen molar-refractivity contribution < 1.29 is 29.4 Å². The highest BCUT2D eigenvalue weighted by molar-refractivity contribution is 6.37. The Morgan fingerprint density at radius 3 is 1.23 bits per heavy atom. The average Bonchev–Trinajstić information content (AvgIpc) is 4.07. The zero-order valence-electron chi connectivity index (χ0n) is 46.7. The second kappa shape index (κ2) is 24.4. The maximum absolute atomic E-state index is 5.49. The van der Waals surface area contributed by atoms with Gasteiger partial charge >= 0.3 is 0 Å². The third-order valence-electron chi connectivity index (χ3n) is 15.9. The van der Waals surface area contributed by atoms with E-state index in [0.717, 1.165) is 155 Å². The van der Waals surface area contributed by atoms with Crippen LogP contribution in [0.5, 0.6) is 0 Å². The Hall–Kier alpha value is -10.0. The largest absolute Gasteiger partial charge is 0.356 e. The van der Waals surface area contributed by atoms with Crippen molar-refractivity contribution in [2.24, 2.45) is 9.98 Å². The smallest absolute Gasteiger partial charge is 0.218 e. The molecular formula is C73H68N10+6. The summed E-state index contributed by atoms with van der Waals surface area (Å²) in [5, 5.41) is 0. The van der Waals surface area contributed by atoms with E-state index in [9.17, 15) is 0 Å². The Kier molecular flexibility index (Phi) is 15.4. The molecule has 83 heavy (non-hydrogen) atoms. The predicted molar refractivity (Wildman–Crippen MR) is 333 cm³/mol. The van der Waals surface area contributed by atoms with E-state index in [1.165, 1.54) is 22.3 Å². The van der Waals surface area contributed by atoms with E-state index in [1.54, 1.807) is 0 Å². The van der Waals surface area contributed by atoms with Gasteiger partial charge in [-0.1, -0.05) is 91.0 Å². The van der Waals surface area contributed by atoms with E-state index in [2.05, 4.69) is 302 Å². The summed E-state index contributed by atoms with van der Waals surface area (Å²) < 4.78 is 6.89. The summed E-state index contributed by atoms with van der Waals surface area (Å²) in [5.74, 6) is 0. The maximum Gasteiger partial charge on any atom is 0.218 e. The molecule has 3 aromatic carbocycles. The molecule has 404 valence electrons. The number of fused-ring (bicyclic) bond motifs is 4. The van der Waals surface area contributed by atoms with E-state index >= 15 is 0 Å². The fraction of sp³-hybridized carbons (Fsp3) is 0.137. The van der Waals surface area contributed by atoms with Crippen molar-refractivity contribution in [2.75, 3.05) is 19.6 Å². The van der Waals surface area contributed by atoms with E-state index in [0.29, 0.717) is 0 Å². The highest BCUT2D eigenvalue weighted by Crippen LogP contribution is 2.35. The van der Waals surface area contributed by atoms with Gasteiger partial charge in [-0.05, 0) is 99.6 Å². The van der Waals surface area contributed by atoms with Crippen LogP contribution in [0.25, 0.3) is 33.4 Å². The zero-order valence-corrected chi connectivity index (χ0v) is 46.7. The first-order valence-corrected chi connectivity index (χ1v) is 29.2. The number of allylic oxidation sites excluding steroid dienone is 18. The molecule has 0 aliphatic carbocycles. The van der Waals surface area contributed by atoms with Gasteiger partial charge in [0.25, 0.3) is 0 Å². The molecule has 10 heteroatoms. The van der Waals surface area contributed by atoms with Gasteiger partial charge in [0.05, 0.1) is 47.1 Å². The van der Waals surface area contributed by atoms with Crippen LogP contribution in [-0.2, 0) is 19.6 Å². The molecule has 0 saturated heterocycles. The monoisotopic (exact) mass is 1080 g/mol. The quantitative estimate of drug-likeness (QED) is 0.0641. The molecular weight excluding hydrogens is 1020 g/mol. The number of rotatable bonds is 17. The lowest BCUT2D eigenvalue weighted by molar-refractivity contribution is -0.708. The van der Waals surface area contributed by atoms with Gasteiger partial charge < -0.3 is 15.5 Å². The molecule has 0 saturated carbocycles. The number of hydrogen-bond donors (Lipinski definition) is 3. The van der Waals surface area contributed by atoms with Crippen molar-refractivity contribution in [3.05, 3.63) is 318 Å². The van der Waals surface area contributed by atoms with Gasteiger partial charge in [0.2, 0.25) is 22.8 Å². The molecule has 7 aliphatic rings. The van der Waals surface area contributed by atoms with Crippen LogP contribution in [-0.4, -0.2) is 52.3 Å². The molecule has 0 fully saturated rings. The molecule has 0 spiro atoms. The van der Waals surface area contributed by atoms with Gasteiger partial charge in [-0.25, -0.2) is 33.7 Å². The number of unbranched alkanes of at least 4 members (excludes halogenated alkanes) is 2. The first kappa shape index (κ1) is 52.3. The average molecular weight is 1090 g/mol. The summed E-state index contributed by atoms with van der Waals surface area (Å²) in [6.45, 7) is 5.72. The molecule has 7 aliphatic heterocycles. The molecule has 13 rings (SSSR count). The molecule has 8 bridgehead atoms. The van der Waals surface area contributed by atoms with E-state index in [-0.39, 0.29) is 0 Å². The summed E-state index contributed by atoms with van der Waals surface area (Å²) >= 11 is 0. The van der Waals surface area contributed by atoms with Crippen LogP contribution < -0.4 is 29.4 Å². The molecule has 3 aromatic heterocycles.